The molecule has 5 aromatic rings. The van der Waals surface area contributed by atoms with Gasteiger partial charge in [0.25, 0.3) is 11.8 Å². The maximum Gasteiger partial charge on any atom is 0.291 e. The highest BCUT2D eigenvalue weighted by Crippen LogP contribution is 2.33. The first kappa shape index (κ1) is 22.9. The second-order valence-corrected chi connectivity index (χ2v) is 8.78. The minimum absolute atomic E-state index is 0.106. The molecule has 0 saturated carbocycles. The molecule has 0 aliphatic carbocycles. The molecule has 1 aliphatic heterocycles. The summed E-state index contributed by atoms with van der Waals surface area (Å²) < 4.78 is 13.1. The molecule has 1 aliphatic rings. The average Bonchev–Trinajstić information content (AvgIpc) is 3.54. The Morgan fingerprint density at radius 1 is 1.00 bits per heavy atom. The van der Waals surface area contributed by atoms with Crippen molar-refractivity contribution in [2.45, 2.75) is 13.5 Å². The second kappa shape index (κ2) is 9.51. The van der Waals surface area contributed by atoms with Crippen LogP contribution in [0.2, 0.25) is 0 Å². The number of carbonyl (C=O) groups excluding carboxylic acids is 2. The Balaban J connectivity index is 1.45. The summed E-state index contributed by atoms with van der Waals surface area (Å²) in [6, 6.07) is 18.7. The van der Waals surface area contributed by atoms with Gasteiger partial charge in [0.1, 0.15) is 11.3 Å². The number of aromatic nitrogens is 3. The Morgan fingerprint density at radius 3 is 2.54 bits per heavy atom. The molecule has 0 spiro atoms. The lowest BCUT2D eigenvalue weighted by Crippen LogP contribution is -2.40. The smallest absolute Gasteiger partial charge is 0.291 e. The molecule has 9 nitrogen and oxygen atoms in total. The number of benzene rings is 2. The van der Waals surface area contributed by atoms with Crippen molar-refractivity contribution in [1.82, 2.24) is 19.7 Å². The molecule has 9 heteroatoms. The Morgan fingerprint density at radius 2 is 1.76 bits per heavy atom. The van der Waals surface area contributed by atoms with E-state index < -0.39 is 0 Å². The predicted molar refractivity (Wildman–Crippen MR) is 140 cm³/mol. The Labute approximate surface area is 212 Å². The van der Waals surface area contributed by atoms with Crippen LogP contribution in [0, 0.1) is 0 Å². The Bertz CT molecular complexity index is 1620. The van der Waals surface area contributed by atoms with Crippen molar-refractivity contribution in [3.8, 4) is 11.3 Å². The van der Waals surface area contributed by atoms with Crippen molar-refractivity contribution in [3.05, 3.63) is 78.2 Å². The molecule has 0 atom stereocenters. The van der Waals surface area contributed by atoms with Crippen molar-refractivity contribution in [2.75, 3.05) is 31.6 Å². The number of carbonyl (C=O) groups is 2. The van der Waals surface area contributed by atoms with Gasteiger partial charge in [0, 0.05) is 30.6 Å². The van der Waals surface area contributed by atoms with E-state index in [9.17, 15) is 9.59 Å². The number of hydrogen-bond donors (Lipinski definition) is 1. The van der Waals surface area contributed by atoms with Crippen molar-refractivity contribution in [3.63, 3.8) is 0 Å². The lowest BCUT2D eigenvalue weighted by Gasteiger charge is -2.26. The van der Waals surface area contributed by atoms with E-state index in [1.165, 1.54) is 0 Å². The number of ether oxygens (including phenoxy) is 1. The summed E-state index contributed by atoms with van der Waals surface area (Å²) in [4.78, 5) is 33.7. The number of morpholine rings is 1. The van der Waals surface area contributed by atoms with Crippen LogP contribution in [0.1, 0.15) is 27.8 Å². The van der Waals surface area contributed by atoms with E-state index in [0.29, 0.717) is 71.8 Å². The van der Waals surface area contributed by atoms with Crippen molar-refractivity contribution >= 4 is 39.5 Å². The molecular weight excluding hydrogens is 470 g/mol. The number of fused-ring (bicyclic) bond motifs is 2. The minimum Gasteiger partial charge on any atom is -0.449 e. The number of rotatable bonds is 5. The predicted octanol–water partition coefficient (Wildman–Crippen LogP) is 4.59. The number of hydrogen-bond acceptors (Lipinski definition) is 6. The number of furan rings is 1. The van der Waals surface area contributed by atoms with Gasteiger partial charge in [0.2, 0.25) is 5.76 Å². The first-order valence-corrected chi connectivity index (χ1v) is 12.3. The monoisotopic (exact) mass is 495 g/mol. The average molecular weight is 496 g/mol. The summed E-state index contributed by atoms with van der Waals surface area (Å²) in [5.74, 6) is -0.546. The van der Waals surface area contributed by atoms with Gasteiger partial charge in [-0.05, 0) is 25.1 Å². The number of nitrogens with zero attached hydrogens (tertiary/aromatic N) is 4. The van der Waals surface area contributed by atoms with Crippen LogP contribution in [-0.4, -0.2) is 57.8 Å². The van der Waals surface area contributed by atoms with Crippen LogP contribution in [0.25, 0.3) is 33.3 Å². The number of nitrogens with one attached hydrogen (secondary N) is 1. The van der Waals surface area contributed by atoms with Crippen molar-refractivity contribution in [2.24, 2.45) is 0 Å². The number of pyridine rings is 1. The molecule has 1 fully saturated rings. The molecule has 0 bridgehead atoms. The van der Waals surface area contributed by atoms with E-state index in [2.05, 4.69) is 10.4 Å². The van der Waals surface area contributed by atoms with Crippen LogP contribution in [0.5, 0.6) is 0 Å². The second-order valence-electron chi connectivity index (χ2n) is 8.78. The van der Waals surface area contributed by atoms with Gasteiger partial charge in [-0.15, -0.1) is 0 Å². The topological polar surface area (TPSA) is 102 Å². The number of amides is 2. The maximum atomic E-state index is 13.8. The zero-order chi connectivity index (χ0) is 25.4. The zero-order valence-corrected chi connectivity index (χ0v) is 20.3. The van der Waals surface area contributed by atoms with Crippen molar-refractivity contribution < 1.29 is 18.7 Å². The van der Waals surface area contributed by atoms with Crippen LogP contribution < -0.4 is 5.32 Å². The quantitative estimate of drug-likeness (QED) is 0.383. The van der Waals surface area contributed by atoms with E-state index in [-0.39, 0.29) is 17.6 Å². The molecule has 6 rings (SSSR count). The fourth-order valence-corrected chi connectivity index (χ4v) is 4.63. The van der Waals surface area contributed by atoms with Gasteiger partial charge >= 0.3 is 0 Å². The molecule has 1 saturated heterocycles. The van der Waals surface area contributed by atoms with E-state index in [0.717, 1.165) is 5.56 Å². The molecule has 2 aromatic carbocycles. The maximum absolute atomic E-state index is 13.8. The summed E-state index contributed by atoms with van der Waals surface area (Å²) in [7, 11) is 0. The summed E-state index contributed by atoms with van der Waals surface area (Å²) in [5, 5.41) is 8.71. The normalized spacial score (nSPS) is 13.8. The fraction of sp³-hybridized carbons (Fsp3) is 0.214. The molecule has 1 N–H and O–H groups in total. The van der Waals surface area contributed by atoms with Crippen LogP contribution >= 0.6 is 0 Å². The lowest BCUT2D eigenvalue weighted by atomic mass is 10.1. The molecule has 37 heavy (non-hydrogen) atoms. The standard InChI is InChI=1S/C28H25N5O4/c1-2-33-26-21(17-29-33)20(16-22(30-26)18-8-4-3-5-9-18)27(34)31-24-19-10-6-7-11-23(19)37-25(24)28(35)32-12-14-36-15-13-32/h3-11,16-17H,2,12-15H2,1H3,(H,31,34). The SMILES string of the molecule is CCn1ncc2c(C(=O)Nc3c(C(=O)N4CCOCC4)oc4ccccc34)cc(-c3ccccc3)nc21. The van der Waals surface area contributed by atoms with Crippen LogP contribution in [0.4, 0.5) is 5.69 Å². The van der Waals surface area contributed by atoms with Crippen LogP contribution in [-0.2, 0) is 11.3 Å². The first-order chi connectivity index (χ1) is 18.1. The zero-order valence-electron chi connectivity index (χ0n) is 20.3. The van der Waals surface area contributed by atoms with Crippen LogP contribution in [0.15, 0.2) is 71.3 Å². The van der Waals surface area contributed by atoms with Gasteiger partial charge in [0.05, 0.1) is 36.1 Å². The lowest BCUT2D eigenvalue weighted by molar-refractivity contribution is 0.0285. The summed E-state index contributed by atoms with van der Waals surface area (Å²) in [5.41, 5.74) is 3.47. The highest BCUT2D eigenvalue weighted by atomic mass is 16.5. The van der Waals surface area contributed by atoms with Gasteiger partial charge in [-0.2, -0.15) is 5.10 Å². The third kappa shape index (κ3) is 4.13. The Hall–Kier alpha value is -4.50. The molecular formula is C28H25N5O4. The molecule has 3 aromatic heterocycles. The van der Waals surface area contributed by atoms with Gasteiger partial charge in [-0.1, -0.05) is 42.5 Å². The third-order valence-corrected chi connectivity index (χ3v) is 6.55. The molecule has 2 amide bonds. The van der Waals surface area contributed by atoms with E-state index in [1.54, 1.807) is 27.9 Å². The van der Waals surface area contributed by atoms with Gasteiger partial charge in [0.15, 0.2) is 5.65 Å². The summed E-state index contributed by atoms with van der Waals surface area (Å²) in [6.07, 6.45) is 1.66. The van der Waals surface area contributed by atoms with E-state index in [1.807, 2.05) is 55.5 Å². The molecule has 4 heterocycles. The van der Waals surface area contributed by atoms with Gasteiger partial charge in [-0.3, -0.25) is 9.59 Å². The highest BCUT2D eigenvalue weighted by Gasteiger charge is 2.28. The van der Waals surface area contributed by atoms with Gasteiger partial charge < -0.3 is 19.4 Å². The number of aryl methyl sites for hydroxylation is 1. The number of anilines is 1. The van der Waals surface area contributed by atoms with Crippen molar-refractivity contribution in [1.29, 1.82) is 0 Å². The molecule has 186 valence electrons. The summed E-state index contributed by atoms with van der Waals surface area (Å²) >= 11 is 0. The highest BCUT2D eigenvalue weighted by molar-refractivity contribution is 6.18. The third-order valence-electron chi connectivity index (χ3n) is 6.55. The number of para-hydroxylation sites is 1. The minimum atomic E-state index is -0.372. The largest absolute Gasteiger partial charge is 0.449 e. The first-order valence-electron chi connectivity index (χ1n) is 12.3. The summed E-state index contributed by atoms with van der Waals surface area (Å²) in [6.45, 7) is 4.44. The molecule has 0 radical (unpaired) electrons. The van der Waals surface area contributed by atoms with E-state index >= 15 is 0 Å². The molecule has 0 unspecified atom stereocenters. The Kier molecular flexibility index (Phi) is 5.90. The van der Waals surface area contributed by atoms with E-state index in [4.69, 9.17) is 14.1 Å². The fourth-order valence-electron chi connectivity index (χ4n) is 4.63. The van der Waals surface area contributed by atoms with Gasteiger partial charge in [-0.25, -0.2) is 9.67 Å². The van der Waals surface area contributed by atoms with Crippen LogP contribution in [0.3, 0.4) is 0 Å².